The van der Waals surface area contributed by atoms with Crippen LogP contribution in [0.25, 0.3) is 90.8 Å². The average molecular weight is 675 g/mol. The zero-order valence-corrected chi connectivity index (χ0v) is 29.4. The van der Waals surface area contributed by atoms with Crippen LogP contribution in [0.2, 0.25) is 0 Å². The van der Waals surface area contributed by atoms with Crippen LogP contribution in [0.4, 0.5) is 0 Å². The topological polar surface area (TPSA) is 0 Å². The predicted octanol–water partition coefficient (Wildman–Crippen LogP) is 15.1. The third-order valence-corrected chi connectivity index (χ3v) is 15.1. The minimum absolute atomic E-state index is 1.32. The molecule has 10 rings (SSSR count). The summed E-state index contributed by atoms with van der Waals surface area (Å²) in [5.74, 6) is 0. The Kier molecular flexibility index (Phi) is 6.32. The van der Waals surface area contributed by atoms with E-state index in [0.717, 1.165) is 0 Å². The van der Waals surface area contributed by atoms with Gasteiger partial charge < -0.3 is 0 Å². The van der Waals surface area contributed by atoms with Crippen molar-refractivity contribution in [1.82, 2.24) is 0 Å². The number of hydrogen-bond acceptors (Lipinski definition) is 6. The van der Waals surface area contributed by atoms with Gasteiger partial charge in [-0.05, 0) is 85.6 Å². The Hall–Kier alpha value is -3.10. The van der Waals surface area contributed by atoms with Crippen molar-refractivity contribution in [2.24, 2.45) is 0 Å². The van der Waals surface area contributed by atoms with Crippen molar-refractivity contribution in [2.45, 2.75) is 27.7 Å². The lowest BCUT2D eigenvalue weighted by atomic mass is 10.1. The van der Waals surface area contributed by atoms with Gasteiger partial charge in [-0.2, -0.15) is 0 Å². The molecule has 0 radical (unpaired) electrons. The van der Waals surface area contributed by atoms with Gasteiger partial charge in [0.25, 0.3) is 0 Å². The number of fused-ring (bicyclic) bond motifs is 11. The summed E-state index contributed by atoms with van der Waals surface area (Å²) in [5.41, 5.74) is 2.65. The molecule has 0 unspecified atom stereocenters. The highest BCUT2D eigenvalue weighted by atomic mass is 32.1. The molecule has 0 fully saturated rings. The van der Waals surface area contributed by atoms with E-state index in [4.69, 9.17) is 0 Å². The molecule has 0 atom stereocenters. The molecule has 6 aromatic heterocycles. The fourth-order valence-electron chi connectivity index (χ4n) is 6.36. The molecule has 0 nitrogen and oxygen atoms in total. The summed E-state index contributed by atoms with van der Waals surface area (Å²) in [6.45, 7) is 8.41. The Morgan fingerprint density at radius 2 is 0.727 bits per heavy atom. The maximum Gasteiger partial charge on any atom is 0.0542 e. The Bertz CT molecular complexity index is 2520. The maximum atomic E-state index is 2.41. The van der Waals surface area contributed by atoms with Crippen molar-refractivity contribution in [1.29, 1.82) is 0 Å². The highest BCUT2D eigenvalue weighted by Crippen LogP contribution is 2.48. The van der Waals surface area contributed by atoms with Crippen molar-refractivity contribution >= 4 is 138 Å². The lowest BCUT2D eigenvalue weighted by molar-refractivity contribution is 1.50. The first-order valence-corrected chi connectivity index (χ1v) is 19.7. The summed E-state index contributed by atoms with van der Waals surface area (Å²) in [7, 11) is 0. The average Bonchev–Trinajstić information content (AvgIpc) is 3.86. The quantitative estimate of drug-likeness (QED) is 0.171. The number of thiophene rings is 6. The number of rotatable bonds is 2. The highest BCUT2D eigenvalue weighted by molar-refractivity contribution is 7.36. The lowest BCUT2D eigenvalue weighted by Gasteiger charge is -1.99. The lowest BCUT2D eigenvalue weighted by Crippen LogP contribution is -1.71. The molecule has 0 saturated carbocycles. The van der Waals surface area contributed by atoms with Crippen LogP contribution in [0, 0.1) is 13.8 Å². The molecule has 0 aliphatic rings. The van der Waals surface area contributed by atoms with Gasteiger partial charge >= 0.3 is 0 Å². The Morgan fingerprint density at radius 3 is 1.16 bits per heavy atom. The zero-order chi connectivity index (χ0) is 29.7. The summed E-state index contributed by atoms with van der Waals surface area (Å²) >= 11 is 11.5. The third-order valence-electron chi connectivity index (χ3n) is 8.29. The smallest absolute Gasteiger partial charge is 0.0542 e. The minimum atomic E-state index is 1.32. The van der Waals surface area contributed by atoms with Crippen molar-refractivity contribution in [3.8, 4) is 20.9 Å². The second-order valence-electron chi connectivity index (χ2n) is 11.0. The molecule has 6 heterocycles. The van der Waals surface area contributed by atoms with E-state index in [0.29, 0.717) is 0 Å². The van der Waals surface area contributed by atoms with Crippen LogP contribution in [-0.4, -0.2) is 0 Å². The van der Waals surface area contributed by atoms with E-state index in [9.17, 15) is 0 Å². The third kappa shape index (κ3) is 4.09. The molecule has 0 aliphatic carbocycles. The van der Waals surface area contributed by atoms with Gasteiger partial charge in [-0.1, -0.05) is 38.1 Å². The Labute approximate surface area is 279 Å². The number of hydrogen-bond donors (Lipinski definition) is 0. The highest BCUT2D eigenvalue weighted by Gasteiger charge is 2.16. The molecule has 10 aromatic rings. The van der Waals surface area contributed by atoms with Crippen LogP contribution in [0.15, 0.2) is 84.9 Å². The minimum Gasteiger partial charge on any atom is -0.141 e. The summed E-state index contributed by atoms with van der Waals surface area (Å²) in [4.78, 5) is 5.46. The van der Waals surface area contributed by atoms with Crippen molar-refractivity contribution in [2.75, 3.05) is 0 Å². The molecule has 0 N–H and O–H groups in total. The van der Waals surface area contributed by atoms with Crippen LogP contribution in [0.3, 0.4) is 0 Å². The first kappa shape index (κ1) is 27.2. The van der Waals surface area contributed by atoms with E-state index in [1.807, 2.05) is 81.9 Å². The zero-order valence-electron chi connectivity index (χ0n) is 24.5. The number of aryl methyl sites for hydroxylation is 2. The number of benzene rings is 4. The Balaban J connectivity index is 0.00000133. The van der Waals surface area contributed by atoms with Crippen LogP contribution in [-0.2, 0) is 0 Å². The molecular weight excluding hydrogens is 649 g/mol. The van der Waals surface area contributed by atoms with Gasteiger partial charge in [0, 0.05) is 80.0 Å². The van der Waals surface area contributed by atoms with Gasteiger partial charge in [-0.25, -0.2) is 0 Å². The van der Waals surface area contributed by atoms with Gasteiger partial charge in [-0.3, -0.25) is 0 Å². The van der Waals surface area contributed by atoms with Crippen molar-refractivity contribution in [3.05, 3.63) is 94.7 Å². The van der Waals surface area contributed by atoms with E-state index in [1.54, 1.807) is 0 Å². The predicted molar refractivity (Wildman–Crippen MR) is 208 cm³/mol. The van der Waals surface area contributed by atoms with E-state index in [2.05, 4.69) is 98.8 Å². The summed E-state index contributed by atoms with van der Waals surface area (Å²) < 4.78 is 11.1. The molecule has 0 amide bonds. The van der Waals surface area contributed by atoms with Gasteiger partial charge in [0.15, 0.2) is 0 Å². The Morgan fingerprint density at radius 1 is 0.341 bits per heavy atom. The molecular formula is C38H26S6. The fourth-order valence-corrected chi connectivity index (χ4v) is 13.1. The molecule has 6 heteroatoms. The van der Waals surface area contributed by atoms with Crippen LogP contribution in [0.5, 0.6) is 0 Å². The van der Waals surface area contributed by atoms with Crippen molar-refractivity contribution < 1.29 is 0 Å². The SMILES string of the molecule is CC.Cc1cc2c(ccc3sc(-c4ccc5c(c4)sc4c6ccc(-c7cc8c(ccc9sc(C)cc98)s7)cc6sc54)cc32)s1. The monoisotopic (exact) mass is 674 g/mol. The van der Waals surface area contributed by atoms with E-state index >= 15 is 0 Å². The van der Waals surface area contributed by atoms with Crippen molar-refractivity contribution in [3.63, 3.8) is 0 Å². The van der Waals surface area contributed by atoms with Gasteiger partial charge in [0.05, 0.1) is 9.40 Å². The largest absolute Gasteiger partial charge is 0.141 e. The molecule has 0 saturated heterocycles. The van der Waals surface area contributed by atoms with E-state index in [1.165, 1.54) is 101 Å². The van der Waals surface area contributed by atoms with Gasteiger partial charge in [0.2, 0.25) is 0 Å². The molecule has 0 bridgehead atoms. The molecule has 0 spiro atoms. The van der Waals surface area contributed by atoms with Crippen LogP contribution >= 0.6 is 68.0 Å². The van der Waals surface area contributed by atoms with Gasteiger partial charge in [-0.15, -0.1) is 68.0 Å². The standard InChI is InChI=1S/C36H20S6.C2H6/c1-17-11-23-25-15-31(39-29(25)9-7-27(23)37-17)19-3-5-21-33(13-19)41-36-22-6-4-20(14-34(22)42-35(21)36)32-16-26-24-12-18(2)38-28(24)8-10-30(26)40-32;1-2/h3-16H,1-2H3;1-2H3. The summed E-state index contributed by atoms with van der Waals surface area (Å²) in [6, 6.07) is 32.9. The molecule has 4 aromatic carbocycles. The summed E-state index contributed by atoms with van der Waals surface area (Å²) in [6.07, 6.45) is 0. The van der Waals surface area contributed by atoms with Crippen LogP contribution < -0.4 is 0 Å². The second kappa shape index (κ2) is 10.2. The molecule has 0 aliphatic heterocycles. The van der Waals surface area contributed by atoms with Crippen LogP contribution in [0.1, 0.15) is 23.6 Å². The van der Waals surface area contributed by atoms with E-state index in [-0.39, 0.29) is 0 Å². The van der Waals surface area contributed by atoms with E-state index < -0.39 is 0 Å². The maximum absolute atomic E-state index is 2.41. The first-order chi connectivity index (χ1) is 21.6. The van der Waals surface area contributed by atoms with Gasteiger partial charge in [0.1, 0.15) is 0 Å². The summed E-state index contributed by atoms with van der Waals surface area (Å²) in [5, 5.41) is 8.34. The molecule has 214 valence electrons. The second-order valence-corrected chi connectivity index (χ2v) is 17.8. The normalized spacial score (nSPS) is 12.1. The first-order valence-electron chi connectivity index (χ1n) is 14.8. The molecule has 44 heavy (non-hydrogen) atoms. The fraction of sp³-hybridized carbons (Fsp3) is 0.105.